The minimum absolute atomic E-state index is 0.0292. The number of carbonyl (C=O) groups excluding carboxylic acids is 3. The van der Waals surface area contributed by atoms with E-state index in [4.69, 9.17) is 27.9 Å². The van der Waals surface area contributed by atoms with Crippen LogP contribution in [0.25, 0.3) is 0 Å². The molecule has 0 radical (unpaired) electrons. The summed E-state index contributed by atoms with van der Waals surface area (Å²) in [6, 6.07) is 2.90. The third-order valence-electron chi connectivity index (χ3n) is 2.67. The summed E-state index contributed by atoms with van der Waals surface area (Å²) in [6.45, 7) is 3.00. The van der Waals surface area contributed by atoms with E-state index in [2.05, 4.69) is 0 Å². The first-order chi connectivity index (χ1) is 9.32. The van der Waals surface area contributed by atoms with Gasteiger partial charge >= 0.3 is 5.97 Å². The molecule has 0 fully saturated rings. The molecule has 0 saturated carbocycles. The quantitative estimate of drug-likeness (QED) is 0.635. The van der Waals surface area contributed by atoms with Crippen LogP contribution in [0.15, 0.2) is 12.1 Å². The first kappa shape index (κ1) is 14.8. The lowest BCUT2D eigenvalue weighted by molar-refractivity contribution is -0.146. The number of carbonyl (C=O) groups is 3. The number of Topliss-reactive ketones (excluding diaryl/α,β-unsaturated/α-hetero) is 1. The van der Waals surface area contributed by atoms with E-state index in [1.807, 2.05) is 0 Å². The van der Waals surface area contributed by atoms with E-state index in [1.165, 1.54) is 12.1 Å². The van der Waals surface area contributed by atoms with E-state index >= 15 is 0 Å². The van der Waals surface area contributed by atoms with Crippen LogP contribution in [-0.2, 0) is 14.3 Å². The molecule has 0 spiro atoms. The number of rotatable bonds is 3. The van der Waals surface area contributed by atoms with Crippen molar-refractivity contribution in [1.82, 2.24) is 0 Å². The fraction of sp³-hybridized carbons (Fsp3) is 0.308. The molecule has 1 aliphatic heterocycles. The number of ketones is 1. The second-order valence-corrected chi connectivity index (χ2v) is 5.33. The number of nitrogens with zero attached hydrogens (tertiary/aromatic N) is 1. The minimum atomic E-state index is -0.837. The number of esters is 1. The Morgan fingerprint density at radius 3 is 2.45 bits per heavy atom. The summed E-state index contributed by atoms with van der Waals surface area (Å²) in [5.41, 5.74) is 0.191. The first-order valence-electron chi connectivity index (χ1n) is 5.86. The number of fused-ring (bicyclic) bond motifs is 1. The van der Waals surface area contributed by atoms with Crippen LogP contribution >= 0.6 is 23.2 Å². The van der Waals surface area contributed by atoms with Crippen molar-refractivity contribution >= 4 is 46.5 Å². The number of amides is 1. The number of hydrogen-bond donors (Lipinski definition) is 0. The molecule has 1 heterocycles. The van der Waals surface area contributed by atoms with Crippen LogP contribution in [-0.4, -0.2) is 30.3 Å². The summed E-state index contributed by atoms with van der Waals surface area (Å²) in [6.07, 6.45) is -0.315. The molecule has 20 heavy (non-hydrogen) atoms. The van der Waals surface area contributed by atoms with Crippen LogP contribution in [0.2, 0.25) is 10.0 Å². The fourth-order valence-corrected chi connectivity index (χ4v) is 2.43. The van der Waals surface area contributed by atoms with Gasteiger partial charge in [-0.1, -0.05) is 23.2 Å². The van der Waals surface area contributed by atoms with Gasteiger partial charge in [0.15, 0.2) is 0 Å². The molecule has 106 valence electrons. The Hall–Kier alpha value is -1.59. The lowest BCUT2D eigenvalue weighted by Gasteiger charge is -2.17. The molecule has 1 aromatic rings. The van der Waals surface area contributed by atoms with Crippen molar-refractivity contribution in [2.45, 2.75) is 20.0 Å². The molecule has 1 aliphatic rings. The first-order valence-corrected chi connectivity index (χ1v) is 6.62. The maximum atomic E-state index is 11.9. The molecule has 5 nitrogen and oxygen atoms in total. The predicted molar refractivity (Wildman–Crippen MR) is 74.4 cm³/mol. The largest absolute Gasteiger partial charge is 0.462 e. The lowest BCUT2D eigenvalue weighted by atomic mass is 10.1. The smallest absolute Gasteiger partial charge is 0.326 e. The molecule has 7 heteroatoms. The fourth-order valence-electron chi connectivity index (χ4n) is 1.93. The molecule has 1 aromatic carbocycles. The number of anilines is 1. The van der Waals surface area contributed by atoms with Gasteiger partial charge in [0, 0.05) is 0 Å². The summed E-state index contributed by atoms with van der Waals surface area (Å²) in [4.78, 5) is 36.5. The van der Waals surface area contributed by atoms with Crippen molar-refractivity contribution in [3.63, 3.8) is 0 Å². The molecule has 0 saturated heterocycles. The highest BCUT2D eigenvalue weighted by molar-refractivity contribution is 6.57. The van der Waals surface area contributed by atoms with Gasteiger partial charge in [-0.05, 0) is 26.0 Å². The second-order valence-electron chi connectivity index (χ2n) is 4.51. The van der Waals surface area contributed by atoms with Gasteiger partial charge in [0.2, 0.25) is 0 Å². The monoisotopic (exact) mass is 315 g/mol. The van der Waals surface area contributed by atoms with Crippen molar-refractivity contribution < 1.29 is 19.1 Å². The molecular formula is C13H11Cl2NO4. The van der Waals surface area contributed by atoms with Gasteiger partial charge in [-0.25, -0.2) is 0 Å². The number of hydrogen-bond acceptors (Lipinski definition) is 4. The Labute approximate surface area is 125 Å². The molecule has 0 aromatic heterocycles. The van der Waals surface area contributed by atoms with Crippen molar-refractivity contribution in [2.24, 2.45) is 0 Å². The molecule has 0 atom stereocenters. The average Bonchev–Trinajstić information content (AvgIpc) is 2.59. The van der Waals surface area contributed by atoms with Crippen molar-refractivity contribution in [1.29, 1.82) is 0 Å². The second kappa shape index (κ2) is 5.42. The summed E-state index contributed by atoms with van der Waals surface area (Å²) in [5, 5.41) is 0.309. The van der Waals surface area contributed by atoms with Crippen molar-refractivity contribution in [3.05, 3.63) is 27.7 Å². The van der Waals surface area contributed by atoms with Crippen molar-refractivity contribution in [3.8, 4) is 0 Å². The summed E-state index contributed by atoms with van der Waals surface area (Å²) in [7, 11) is 0. The SMILES string of the molecule is CC(C)OC(=O)CN1C(=O)C(=O)c2c(Cl)ccc(Cl)c21. The van der Waals surface area contributed by atoms with Gasteiger partial charge in [-0.3, -0.25) is 19.3 Å². The Kier molecular flexibility index (Phi) is 4.01. The summed E-state index contributed by atoms with van der Waals surface area (Å²) >= 11 is 11.9. The van der Waals surface area contributed by atoms with E-state index in [1.54, 1.807) is 13.8 Å². The number of ether oxygens (including phenoxy) is 1. The summed E-state index contributed by atoms with van der Waals surface area (Å²) < 4.78 is 4.96. The van der Waals surface area contributed by atoms with Gasteiger partial charge in [-0.2, -0.15) is 0 Å². The van der Waals surface area contributed by atoms with Crippen LogP contribution < -0.4 is 4.90 Å². The zero-order valence-corrected chi connectivity index (χ0v) is 12.3. The van der Waals surface area contributed by atoms with Crippen LogP contribution in [0.1, 0.15) is 24.2 Å². The highest BCUT2D eigenvalue weighted by Crippen LogP contribution is 2.39. The van der Waals surface area contributed by atoms with Gasteiger partial charge in [-0.15, -0.1) is 0 Å². The van der Waals surface area contributed by atoms with Gasteiger partial charge in [0.25, 0.3) is 11.7 Å². The zero-order chi connectivity index (χ0) is 15.0. The van der Waals surface area contributed by atoms with E-state index in [-0.39, 0.29) is 33.9 Å². The predicted octanol–water partition coefficient (Wildman–Crippen LogP) is 2.47. The number of halogens is 2. The Balaban J connectivity index is 2.38. The Bertz CT molecular complexity index is 613. The van der Waals surface area contributed by atoms with Crippen LogP contribution in [0.3, 0.4) is 0 Å². The third-order valence-corrected chi connectivity index (χ3v) is 3.29. The molecule has 0 unspecified atom stereocenters. The Morgan fingerprint density at radius 1 is 1.25 bits per heavy atom. The van der Waals surface area contributed by atoms with E-state index in [0.29, 0.717) is 0 Å². The van der Waals surface area contributed by atoms with Gasteiger partial charge in [0.05, 0.1) is 27.4 Å². The minimum Gasteiger partial charge on any atom is -0.462 e. The maximum Gasteiger partial charge on any atom is 0.326 e. The van der Waals surface area contributed by atoms with Crippen molar-refractivity contribution in [2.75, 3.05) is 11.4 Å². The van der Waals surface area contributed by atoms with Crippen LogP contribution in [0.4, 0.5) is 5.69 Å². The van der Waals surface area contributed by atoms with Gasteiger partial charge in [0.1, 0.15) is 6.54 Å². The topological polar surface area (TPSA) is 63.7 Å². The molecule has 2 rings (SSSR count). The normalized spacial score (nSPS) is 13.9. The lowest BCUT2D eigenvalue weighted by Crippen LogP contribution is -2.36. The molecule has 0 N–H and O–H groups in total. The van der Waals surface area contributed by atoms with E-state index in [0.717, 1.165) is 4.90 Å². The zero-order valence-electron chi connectivity index (χ0n) is 10.8. The average molecular weight is 316 g/mol. The molecular weight excluding hydrogens is 305 g/mol. The highest BCUT2D eigenvalue weighted by atomic mass is 35.5. The van der Waals surface area contributed by atoms with Crippen LogP contribution in [0, 0.1) is 0 Å². The molecule has 0 bridgehead atoms. The van der Waals surface area contributed by atoms with Crippen LogP contribution in [0.5, 0.6) is 0 Å². The summed E-state index contributed by atoms with van der Waals surface area (Å²) in [5.74, 6) is -2.23. The Morgan fingerprint density at radius 2 is 1.85 bits per heavy atom. The van der Waals surface area contributed by atoms with Gasteiger partial charge < -0.3 is 4.74 Å². The molecule has 1 amide bonds. The third kappa shape index (κ3) is 2.51. The van der Waals surface area contributed by atoms with E-state index < -0.39 is 17.7 Å². The highest BCUT2D eigenvalue weighted by Gasteiger charge is 2.40. The maximum absolute atomic E-state index is 11.9. The number of benzene rings is 1. The molecule has 0 aliphatic carbocycles. The standard InChI is InChI=1S/C13H11Cl2NO4/c1-6(2)20-9(17)5-16-11-8(15)4-3-7(14)10(11)12(18)13(16)19/h3-4,6H,5H2,1-2H3. The van der Waals surface area contributed by atoms with E-state index in [9.17, 15) is 14.4 Å².